The van der Waals surface area contributed by atoms with Crippen molar-refractivity contribution in [2.24, 2.45) is 5.10 Å². The van der Waals surface area contributed by atoms with Crippen LogP contribution in [0.15, 0.2) is 143 Å². The topological polar surface area (TPSA) is 126 Å². The summed E-state index contributed by atoms with van der Waals surface area (Å²) in [5.74, 6) is 0.215. The maximum atomic E-state index is 14.0. The van der Waals surface area contributed by atoms with Crippen LogP contribution in [0, 0.1) is 0 Å². The molecule has 0 aliphatic carbocycles. The molecule has 250 valence electrons. The molecule has 0 spiro atoms. The molecule has 49 heavy (non-hydrogen) atoms. The van der Waals surface area contributed by atoms with E-state index >= 15 is 0 Å². The highest BCUT2D eigenvalue weighted by molar-refractivity contribution is 7.92. The lowest BCUT2D eigenvalue weighted by Crippen LogP contribution is -2.33. The van der Waals surface area contributed by atoms with Crippen LogP contribution in [0.2, 0.25) is 0 Å². The van der Waals surface area contributed by atoms with Gasteiger partial charge in [0.25, 0.3) is 21.8 Å². The molecular formula is C38H36N4O6S. The van der Waals surface area contributed by atoms with Gasteiger partial charge in [-0.2, -0.15) is 5.10 Å². The van der Waals surface area contributed by atoms with Gasteiger partial charge in [-0.15, -0.1) is 0 Å². The molecule has 0 saturated heterocycles. The van der Waals surface area contributed by atoms with E-state index in [4.69, 9.17) is 9.47 Å². The van der Waals surface area contributed by atoms with E-state index in [1.807, 2.05) is 60.7 Å². The number of ether oxygens (including phenoxy) is 2. The Hall–Kier alpha value is -5.94. The number of hydrogen-bond donors (Lipinski definition) is 2. The van der Waals surface area contributed by atoms with Crippen LogP contribution in [0.5, 0.6) is 11.5 Å². The molecule has 0 aliphatic rings. The number of hydrazone groups is 1. The lowest BCUT2D eigenvalue weighted by Gasteiger charge is -2.26. The second-order valence-corrected chi connectivity index (χ2v) is 12.7. The fourth-order valence-electron chi connectivity index (χ4n) is 4.87. The molecule has 0 bridgehead atoms. The average Bonchev–Trinajstić information content (AvgIpc) is 3.14. The molecule has 0 atom stereocenters. The molecule has 0 saturated carbocycles. The van der Waals surface area contributed by atoms with Gasteiger partial charge in [0.2, 0.25) is 0 Å². The molecule has 2 amide bonds. The Bertz CT molecular complexity index is 1970. The van der Waals surface area contributed by atoms with Crippen LogP contribution in [0.3, 0.4) is 0 Å². The van der Waals surface area contributed by atoms with E-state index in [2.05, 4.69) is 15.8 Å². The van der Waals surface area contributed by atoms with Crippen LogP contribution in [0.25, 0.3) is 0 Å². The molecule has 0 radical (unpaired) electrons. The number of benzene rings is 5. The second-order valence-electron chi connectivity index (χ2n) is 10.8. The Balaban J connectivity index is 1.23. The monoisotopic (exact) mass is 676 g/mol. The first kappa shape index (κ1) is 34.4. The highest BCUT2D eigenvalue weighted by Crippen LogP contribution is 2.30. The molecule has 2 N–H and O–H groups in total. The molecule has 0 heterocycles. The Morgan fingerprint density at radius 2 is 1.37 bits per heavy atom. The van der Waals surface area contributed by atoms with E-state index in [0.29, 0.717) is 23.6 Å². The average molecular weight is 677 g/mol. The predicted octanol–water partition coefficient (Wildman–Crippen LogP) is 5.59. The summed E-state index contributed by atoms with van der Waals surface area (Å²) < 4.78 is 40.0. The fourth-order valence-corrected chi connectivity index (χ4v) is 6.35. The smallest absolute Gasteiger partial charge is 0.273 e. The van der Waals surface area contributed by atoms with Crippen LogP contribution in [0.1, 0.15) is 27.0 Å². The summed E-state index contributed by atoms with van der Waals surface area (Å²) in [6.07, 6.45) is 2.19. The largest absolute Gasteiger partial charge is 0.497 e. The summed E-state index contributed by atoms with van der Waals surface area (Å²) in [6.45, 7) is 0.390. The van der Waals surface area contributed by atoms with Crippen molar-refractivity contribution >= 4 is 33.7 Å². The number of carbonyl (C=O) groups excluding carboxylic acids is 2. The minimum Gasteiger partial charge on any atom is -0.497 e. The second kappa shape index (κ2) is 16.8. The van der Waals surface area contributed by atoms with Gasteiger partial charge in [0.1, 0.15) is 11.5 Å². The number of anilines is 1. The Morgan fingerprint density at radius 3 is 2.04 bits per heavy atom. The normalized spacial score (nSPS) is 11.1. The number of para-hydroxylation sites is 1. The van der Waals surface area contributed by atoms with Gasteiger partial charge in [0.05, 0.1) is 36.0 Å². The van der Waals surface area contributed by atoms with Crippen molar-refractivity contribution in [3.8, 4) is 11.5 Å². The van der Waals surface area contributed by atoms with E-state index in [-0.39, 0.29) is 35.2 Å². The summed E-state index contributed by atoms with van der Waals surface area (Å²) in [5.41, 5.74) is 5.38. The van der Waals surface area contributed by atoms with E-state index in [0.717, 1.165) is 17.5 Å². The lowest BCUT2D eigenvalue weighted by atomic mass is 10.1. The molecule has 5 aromatic carbocycles. The number of sulfonamides is 1. The van der Waals surface area contributed by atoms with E-state index in [1.165, 1.54) is 29.8 Å². The summed E-state index contributed by atoms with van der Waals surface area (Å²) in [7, 11) is -2.60. The van der Waals surface area contributed by atoms with Crippen LogP contribution in [0.4, 0.5) is 5.69 Å². The SMILES string of the molecule is COc1ccc(S(=O)(=O)N(Cc2ccccc2)c2ccccc2C(=O)N/N=C\c2ccc(OCC(=O)NCCc3ccccc3)cc2)cc1. The molecule has 0 fully saturated rings. The minimum absolute atomic E-state index is 0.00741. The van der Waals surface area contributed by atoms with Crippen molar-refractivity contribution in [2.45, 2.75) is 17.9 Å². The lowest BCUT2D eigenvalue weighted by molar-refractivity contribution is -0.123. The van der Waals surface area contributed by atoms with Crippen molar-refractivity contribution in [1.29, 1.82) is 0 Å². The standard InChI is InChI=1S/C38H36N4O6S/c1-47-32-20-22-34(23-21-32)49(45,46)42(27-31-12-6-3-7-13-31)36-15-9-8-14-35(36)38(44)41-40-26-30-16-18-33(19-17-30)48-28-37(43)39-25-24-29-10-4-2-5-11-29/h2-23,26H,24-25,27-28H2,1H3,(H,39,43)(H,41,44)/b40-26-. The summed E-state index contributed by atoms with van der Waals surface area (Å²) in [5, 5.41) is 6.93. The maximum absolute atomic E-state index is 14.0. The number of amides is 2. The fraction of sp³-hybridized carbons (Fsp3) is 0.132. The number of nitrogens with one attached hydrogen (secondary N) is 2. The maximum Gasteiger partial charge on any atom is 0.273 e. The van der Waals surface area contributed by atoms with E-state index in [1.54, 1.807) is 60.7 Å². The quantitative estimate of drug-likeness (QED) is 0.110. The molecule has 5 rings (SSSR count). The van der Waals surface area contributed by atoms with Crippen molar-refractivity contribution < 1.29 is 27.5 Å². The molecular weight excluding hydrogens is 641 g/mol. The first-order chi connectivity index (χ1) is 23.8. The van der Waals surface area contributed by atoms with Crippen molar-refractivity contribution in [3.05, 3.63) is 156 Å². The zero-order valence-electron chi connectivity index (χ0n) is 26.9. The highest BCUT2D eigenvalue weighted by atomic mass is 32.2. The molecule has 5 aromatic rings. The third-order valence-corrected chi connectivity index (χ3v) is 9.22. The molecule has 0 aromatic heterocycles. The number of rotatable bonds is 15. The number of carbonyl (C=O) groups is 2. The zero-order valence-corrected chi connectivity index (χ0v) is 27.7. The van der Waals surface area contributed by atoms with Crippen molar-refractivity contribution in [2.75, 3.05) is 24.6 Å². The Labute approximate surface area is 286 Å². The number of methoxy groups -OCH3 is 1. The van der Waals surface area contributed by atoms with Crippen LogP contribution in [-0.2, 0) is 27.8 Å². The van der Waals surface area contributed by atoms with Gasteiger partial charge in [0, 0.05) is 6.54 Å². The van der Waals surface area contributed by atoms with Gasteiger partial charge in [-0.05, 0) is 83.8 Å². The predicted molar refractivity (Wildman–Crippen MR) is 189 cm³/mol. The first-order valence-electron chi connectivity index (χ1n) is 15.5. The van der Waals surface area contributed by atoms with Gasteiger partial charge in [-0.3, -0.25) is 13.9 Å². The zero-order chi connectivity index (χ0) is 34.5. The molecule has 0 unspecified atom stereocenters. The van der Waals surface area contributed by atoms with E-state index < -0.39 is 15.9 Å². The Kier molecular flexibility index (Phi) is 11.8. The van der Waals surface area contributed by atoms with Crippen LogP contribution >= 0.6 is 0 Å². The van der Waals surface area contributed by atoms with Crippen molar-refractivity contribution in [1.82, 2.24) is 10.7 Å². The molecule has 0 aliphatic heterocycles. The van der Waals surface area contributed by atoms with Gasteiger partial charge in [-0.1, -0.05) is 72.8 Å². The van der Waals surface area contributed by atoms with Gasteiger partial charge < -0.3 is 14.8 Å². The van der Waals surface area contributed by atoms with Crippen molar-refractivity contribution in [3.63, 3.8) is 0 Å². The Morgan fingerprint density at radius 1 is 0.755 bits per heavy atom. The van der Waals surface area contributed by atoms with E-state index in [9.17, 15) is 18.0 Å². The number of hydrogen-bond acceptors (Lipinski definition) is 7. The third-order valence-electron chi connectivity index (χ3n) is 7.44. The summed E-state index contributed by atoms with van der Waals surface area (Å²) in [4.78, 5) is 25.6. The first-order valence-corrected chi connectivity index (χ1v) is 16.9. The summed E-state index contributed by atoms with van der Waals surface area (Å²) in [6, 6.07) is 38.4. The van der Waals surface area contributed by atoms with Crippen LogP contribution in [-0.4, -0.2) is 46.7 Å². The third kappa shape index (κ3) is 9.55. The van der Waals surface area contributed by atoms with Gasteiger partial charge >= 0.3 is 0 Å². The molecule has 11 heteroatoms. The van der Waals surface area contributed by atoms with Gasteiger partial charge in [0.15, 0.2) is 6.61 Å². The van der Waals surface area contributed by atoms with Gasteiger partial charge in [-0.25, -0.2) is 13.8 Å². The summed E-state index contributed by atoms with van der Waals surface area (Å²) >= 11 is 0. The number of nitrogens with zero attached hydrogens (tertiary/aromatic N) is 2. The molecule has 10 nitrogen and oxygen atoms in total. The minimum atomic E-state index is -4.11. The highest BCUT2D eigenvalue weighted by Gasteiger charge is 2.28. The van der Waals surface area contributed by atoms with Crippen LogP contribution < -0.4 is 24.5 Å².